The van der Waals surface area contributed by atoms with E-state index in [-0.39, 0.29) is 0 Å². The van der Waals surface area contributed by atoms with E-state index in [2.05, 4.69) is 4.90 Å². The van der Waals surface area contributed by atoms with Crippen molar-refractivity contribution in [2.75, 3.05) is 39.5 Å². The minimum absolute atomic E-state index is 0.793. The van der Waals surface area contributed by atoms with Gasteiger partial charge in [0.05, 0.1) is 19.8 Å². The normalized spacial score (nSPS) is 15.7. The lowest BCUT2D eigenvalue weighted by atomic mass is 10.3. The van der Waals surface area contributed by atoms with Crippen molar-refractivity contribution >= 4 is 0 Å². The minimum Gasteiger partial charge on any atom is -0.494 e. The maximum Gasteiger partial charge on any atom is 0.119 e. The quantitative estimate of drug-likeness (QED) is 0.751. The van der Waals surface area contributed by atoms with Gasteiger partial charge in [0.15, 0.2) is 0 Å². The van der Waals surface area contributed by atoms with Crippen molar-refractivity contribution in [1.29, 1.82) is 0 Å². The Kier molecular flexibility index (Phi) is 8.26. The zero-order valence-electron chi connectivity index (χ0n) is 11.6. The molecule has 0 saturated carbocycles. The van der Waals surface area contributed by atoms with Crippen LogP contribution < -0.4 is 4.74 Å². The number of rotatable bonds is 5. The molecule has 1 heterocycles. The molecule has 1 fully saturated rings. The molecule has 1 aliphatic heterocycles. The smallest absolute Gasteiger partial charge is 0.119 e. The molecule has 1 saturated heterocycles. The summed E-state index contributed by atoms with van der Waals surface area (Å²) in [6.45, 7) is 9.77. The maximum absolute atomic E-state index is 5.64. The van der Waals surface area contributed by atoms with Gasteiger partial charge in [-0.25, -0.2) is 0 Å². The first-order valence-electron chi connectivity index (χ1n) is 6.93. The highest BCUT2D eigenvalue weighted by Gasteiger charge is 2.08. The first-order chi connectivity index (χ1) is 8.95. The second kappa shape index (κ2) is 9.92. The fraction of sp³-hybridized carbons (Fsp3) is 0.600. The molecule has 0 N–H and O–H groups in total. The molecular weight excluding hydrogens is 226 g/mol. The fourth-order valence-electron chi connectivity index (χ4n) is 1.82. The third kappa shape index (κ3) is 6.03. The Bertz CT molecular complexity index is 284. The van der Waals surface area contributed by atoms with Crippen LogP contribution in [0.2, 0.25) is 0 Å². The lowest BCUT2D eigenvalue weighted by Gasteiger charge is -2.26. The molecule has 0 aliphatic carbocycles. The average molecular weight is 251 g/mol. The molecule has 2 rings (SSSR count). The van der Waals surface area contributed by atoms with E-state index in [4.69, 9.17) is 9.47 Å². The Balaban J connectivity index is 0.000000771. The molecule has 0 atom stereocenters. The number of nitrogens with zero attached hydrogens (tertiary/aromatic N) is 1. The number of ether oxygens (including phenoxy) is 2. The van der Waals surface area contributed by atoms with Crippen molar-refractivity contribution in [2.24, 2.45) is 0 Å². The molecule has 18 heavy (non-hydrogen) atoms. The van der Waals surface area contributed by atoms with Crippen molar-refractivity contribution in [1.82, 2.24) is 4.90 Å². The van der Waals surface area contributed by atoms with E-state index in [1.807, 2.05) is 44.2 Å². The molecule has 0 radical (unpaired) electrons. The van der Waals surface area contributed by atoms with Crippen LogP contribution in [0.25, 0.3) is 0 Å². The van der Waals surface area contributed by atoms with Crippen LogP contribution in [0.3, 0.4) is 0 Å². The van der Waals surface area contributed by atoms with Gasteiger partial charge in [0, 0.05) is 19.6 Å². The molecule has 1 aliphatic rings. The van der Waals surface area contributed by atoms with Gasteiger partial charge in [-0.3, -0.25) is 4.90 Å². The van der Waals surface area contributed by atoms with Gasteiger partial charge < -0.3 is 9.47 Å². The highest BCUT2D eigenvalue weighted by molar-refractivity contribution is 5.20. The van der Waals surface area contributed by atoms with Gasteiger partial charge in [-0.1, -0.05) is 32.0 Å². The summed E-state index contributed by atoms with van der Waals surface area (Å²) < 4.78 is 10.9. The topological polar surface area (TPSA) is 21.7 Å². The van der Waals surface area contributed by atoms with E-state index in [0.29, 0.717) is 0 Å². The molecule has 3 nitrogen and oxygen atoms in total. The minimum atomic E-state index is 0.793. The first-order valence-corrected chi connectivity index (χ1v) is 6.93. The summed E-state index contributed by atoms with van der Waals surface area (Å²) in [4.78, 5) is 2.43. The summed E-state index contributed by atoms with van der Waals surface area (Å²) in [5, 5.41) is 0. The summed E-state index contributed by atoms with van der Waals surface area (Å²) >= 11 is 0. The summed E-state index contributed by atoms with van der Waals surface area (Å²) in [5.74, 6) is 0.962. The molecule has 0 spiro atoms. The Morgan fingerprint density at radius 1 is 1.11 bits per heavy atom. The number of hydrogen-bond acceptors (Lipinski definition) is 3. The van der Waals surface area contributed by atoms with Crippen molar-refractivity contribution in [2.45, 2.75) is 20.3 Å². The van der Waals surface area contributed by atoms with Gasteiger partial charge in [0.2, 0.25) is 0 Å². The van der Waals surface area contributed by atoms with Crippen LogP contribution in [0.4, 0.5) is 0 Å². The van der Waals surface area contributed by atoms with Gasteiger partial charge in [0.1, 0.15) is 5.75 Å². The molecular formula is C15H25NO2. The summed E-state index contributed by atoms with van der Waals surface area (Å²) in [7, 11) is 0. The molecule has 3 heteroatoms. The summed E-state index contributed by atoms with van der Waals surface area (Å²) in [6.07, 6.45) is 1.08. The van der Waals surface area contributed by atoms with Crippen molar-refractivity contribution in [3.8, 4) is 5.75 Å². The van der Waals surface area contributed by atoms with E-state index in [9.17, 15) is 0 Å². The molecule has 0 unspecified atom stereocenters. The van der Waals surface area contributed by atoms with Crippen LogP contribution in [0.15, 0.2) is 30.3 Å². The molecule has 1 aromatic rings. The maximum atomic E-state index is 5.64. The summed E-state index contributed by atoms with van der Waals surface area (Å²) in [6, 6.07) is 9.98. The average Bonchev–Trinajstić information content (AvgIpc) is 2.48. The highest BCUT2D eigenvalue weighted by atomic mass is 16.5. The van der Waals surface area contributed by atoms with E-state index < -0.39 is 0 Å². The van der Waals surface area contributed by atoms with Gasteiger partial charge in [-0.05, 0) is 18.6 Å². The Morgan fingerprint density at radius 3 is 2.44 bits per heavy atom. The second-order valence-electron chi connectivity index (χ2n) is 3.97. The van der Waals surface area contributed by atoms with Crippen molar-refractivity contribution in [3.05, 3.63) is 30.3 Å². The van der Waals surface area contributed by atoms with Crippen LogP contribution in [0, 0.1) is 0 Å². The van der Waals surface area contributed by atoms with Crippen molar-refractivity contribution < 1.29 is 9.47 Å². The third-order valence-corrected chi connectivity index (χ3v) is 2.73. The zero-order chi connectivity index (χ0) is 13.1. The molecule has 1 aromatic carbocycles. The second-order valence-corrected chi connectivity index (χ2v) is 3.97. The SMILES string of the molecule is CC.c1ccc(OCCCN2CCOCC2)cc1. The van der Waals surface area contributed by atoms with E-state index >= 15 is 0 Å². The predicted molar refractivity (Wildman–Crippen MR) is 75.2 cm³/mol. The van der Waals surface area contributed by atoms with Gasteiger partial charge in [0.25, 0.3) is 0 Å². The molecule has 0 bridgehead atoms. The molecule has 0 amide bonds. The third-order valence-electron chi connectivity index (χ3n) is 2.73. The lowest BCUT2D eigenvalue weighted by molar-refractivity contribution is 0.0358. The number of morpholine rings is 1. The Hall–Kier alpha value is -1.06. The van der Waals surface area contributed by atoms with Gasteiger partial charge in [-0.15, -0.1) is 0 Å². The van der Waals surface area contributed by atoms with Crippen molar-refractivity contribution in [3.63, 3.8) is 0 Å². The van der Waals surface area contributed by atoms with E-state index in [1.165, 1.54) is 0 Å². The lowest BCUT2D eigenvalue weighted by Crippen LogP contribution is -2.37. The van der Waals surface area contributed by atoms with Crippen LogP contribution in [0.5, 0.6) is 5.75 Å². The first kappa shape index (κ1) is 15.0. The predicted octanol–water partition coefficient (Wildman–Crippen LogP) is 2.81. The highest BCUT2D eigenvalue weighted by Crippen LogP contribution is 2.08. The van der Waals surface area contributed by atoms with Gasteiger partial charge in [-0.2, -0.15) is 0 Å². The fourth-order valence-corrected chi connectivity index (χ4v) is 1.82. The number of hydrogen-bond donors (Lipinski definition) is 0. The van der Waals surface area contributed by atoms with Crippen LogP contribution in [-0.2, 0) is 4.74 Å². The standard InChI is InChI=1S/C13H19NO2.C2H6/c1-2-5-13(6-3-1)16-10-4-7-14-8-11-15-12-9-14;1-2/h1-3,5-6H,4,7-12H2;1-2H3. The number of para-hydroxylation sites is 1. The van der Waals surface area contributed by atoms with E-state index in [0.717, 1.165) is 51.6 Å². The van der Waals surface area contributed by atoms with Crippen LogP contribution >= 0.6 is 0 Å². The molecule has 0 aromatic heterocycles. The van der Waals surface area contributed by atoms with Crippen LogP contribution in [0.1, 0.15) is 20.3 Å². The van der Waals surface area contributed by atoms with E-state index in [1.54, 1.807) is 0 Å². The summed E-state index contributed by atoms with van der Waals surface area (Å²) in [5.41, 5.74) is 0. The monoisotopic (exact) mass is 251 g/mol. The largest absolute Gasteiger partial charge is 0.494 e. The Labute approximate surface area is 111 Å². The Morgan fingerprint density at radius 2 is 1.78 bits per heavy atom. The van der Waals surface area contributed by atoms with Crippen LogP contribution in [-0.4, -0.2) is 44.4 Å². The zero-order valence-corrected chi connectivity index (χ0v) is 11.6. The molecule has 102 valence electrons. The van der Waals surface area contributed by atoms with Gasteiger partial charge >= 0.3 is 0 Å². The number of benzene rings is 1.